The van der Waals surface area contributed by atoms with Crippen LogP contribution >= 0.6 is 0 Å². The van der Waals surface area contributed by atoms with Crippen LogP contribution in [0.15, 0.2) is 164 Å². The number of aromatic nitrogens is 3. The van der Waals surface area contributed by atoms with E-state index in [4.69, 9.17) is 40.1 Å². The van der Waals surface area contributed by atoms with Crippen LogP contribution in [0.25, 0.3) is 83.9 Å². The van der Waals surface area contributed by atoms with Crippen LogP contribution in [0, 0.1) is 12.9 Å². The zero-order valence-electron chi connectivity index (χ0n) is 57.2. The molecule has 2 aromatic heterocycles. The Bertz CT molecular complexity index is 3930. The smallest absolute Gasteiger partial charge is 0.148 e. The van der Waals surface area contributed by atoms with Gasteiger partial charge in [-0.1, -0.05) is 192 Å². The summed E-state index contributed by atoms with van der Waals surface area (Å²) < 4.78 is 193. The van der Waals surface area contributed by atoms with Crippen molar-refractivity contribution >= 4 is 11.0 Å². The van der Waals surface area contributed by atoms with Gasteiger partial charge in [-0.15, -0.1) is 23.8 Å². The number of fused-ring (bicyclic) bond motifs is 1. The molecule has 0 aliphatic heterocycles. The number of hydrogen-bond donors (Lipinski definition) is 1. The van der Waals surface area contributed by atoms with Gasteiger partial charge in [0.2, 0.25) is 0 Å². The van der Waals surface area contributed by atoms with Crippen molar-refractivity contribution in [3.8, 4) is 78.6 Å². The minimum absolute atomic E-state index is 0. The van der Waals surface area contributed by atoms with Gasteiger partial charge in [-0.05, 0) is 87.3 Å². The molecule has 2 heterocycles. The van der Waals surface area contributed by atoms with Gasteiger partial charge in [0.1, 0.15) is 11.6 Å². The molecule has 0 atom stereocenters. The molecule has 0 aliphatic carbocycles. The first-order valence-corrected chi connectivity index (χ1v) is 20.5. The molecule has 65 heavy (non-hydrogen) atoms. The number of phenols is 1. The second kappa shape index (κ2) is 17.9. The van der Waals surface area contributed by atoms with Crippen LogP contribution in [0.1, 0.15) is 113 Å². The van der Waals surface area contributed by atoms with E-state index in [9.17, 15) is 5.11 Å². The van der Waals surface area contributed by atoms with Gasteiger partial charge in [0.15, 0.2) is 0 Å². The summed E-state index contributed by atoms with van der Waals surface area (Å²) >= 11 is 0. The van der Waals surface area contributed by atoms with Crippen molar-refractivity contribution in [2.45, 2.75) is 78.5 Å². The second-order valence-electron chi connectivity index (χ2n) is 16.0. The summed E-state index contributed by atoms with van der Waals surface area (Å²) in [7, 11) is 0. The fraction of sp³-hybridized carbons (Fsp3) is 0.200. The zero-order chi connectivity index (χ0) is 63.3. The molecular weight excluding hydrogens is 974 g/mol. The number of phenolic OH excluding ortho intramolecular Hbond substituents is 1. The van der Waals surface area contributed by atoms with Gasteiger partial charge in [-0.25, -0.2) is 4.98 Å². The van der Waals surface area contributed by atoms with E-state index >= 15 is 0 Å². The maximum Gasteiger partial charge on any atom is 0.148 e. The van der Waals surface area contributed by atoms with E-state index in [2.05, 4.69) is 6.07 Å². The summed E-state index contributed by atoms with van der Waals surface area (Å²) in [6.07, 6.45) is 1.64. The Labute approximate surface area is 430 Å². The van der Waals surface area contributed by atoms with E-state index in [0.29, 0.717) is 34.0 Å². The van der Waals surface area contributed by atoms with Gasteiger partial charge in [0.05, 0.1) is 22.3 Å². The van der Waals surface area contributed by atoms with Crippen molar-refractivity contribution in [3.63, 3.8) is 0 Å². The van der Waals surface area contributed by atoms with Gasteiger partial charge >= 0.3 is 0 Å². The molecule has 7 aromatic carbocycles. The van der Waals surface area contributed by atoms with Gasteiger partial charge in [-0.3, -0.25) is 9.55 Å². The number of aryl methyl sites for hydroxylation is 1. The Hall–Kier alpha value is -6.35. The number of hydrogen-bond acceptors (Lipinski definition) is 3. The Balaban J connectivity index is 0.00000982. The summed E-state index contributed by atoms with van der Waals surface area (Å²) in [6.45, 7) is -24.1. The molecular formula is C60H56N3OPt-. The quantitative estimate of drug-likeness (QED) is 0.154. The third-order valence-electron chi connectivity index (χ3n) is 11.3. The van der Waals surface area contributed by atoms with Crippen molar-refractivity contribution < 1.29 is 56.3 Å². The number of aromatic hydroxyl groups is 1. The minimum Gasteiger partial charge on any atom is -0.507 e. The molecule has 9 aromatic rings. The summed E-state index contributed by atoms with van der Waals surface area (Å²) in [4.78, 5) is 9.87. The number of rotatable bonds is 8. The third-order valence-corrected chi connectivity index (χ3v) is 11.3. The van der Waals surface area contributed by atoms with Crippen molar-refractivity contribution in [3.05, 3.63) is 192 Å². The van der Waals surface area contributed by atoms with Crippen molar-refractivity contribution in [1.29, 1.82) is 0 Å². The van der Waals surface area contributed by atoms with Crippen LogP contribution in [-0.4, -0.2) is 19.6 Å². The average Bonchev–Trinajstić information content (AvgIpc) is 1.18. The van der Waals surface area contributed by atoms with E-state index in [1.54, 1.807) is 68.6 Å². The van der Waals surface area contributed by atoms with E-state index in [1.807, 2.05) is 78.9 Å². The number of nitrogens with zero attached hydrogens (tertiary/aromatic N) is 3. The summed E-state index contributed by atoms with van der Waals surface area (Å²) in [5.74, 6) is -2.89. The van der Waals surface area contributed by atoms with Crippen molar-refractivity contribution in [2.75, 3.05) is 0 Å². The van der Waals surface area contributed by atoms with Crippen LogP contribution in [-0.2, 0) is 31.9 Å². The zero-order valence-corrected chi connectivity index (χ0v) is 37.5. The minimum atomic E-state index is -4.22. The summed E-state index contributed by atoms with van der Waals surface area (Å²) in [6, 6.07) is 45.8. The van der Waals surface area contributed by atoms with Gasteiger partial charge < -0.3 is 5.11 Å². The predicted octanol–water partition coefficient (Wildman–Crippen LogP) is 16.0. The molecule has 0 amide bonds. The van der Waals surface area contributed by atoms with E-state index in [0.717, 1.165) is 22.3 Å². The molecule has 0 spiro atoms. The topological polar surface area (TPSA) is 50.9 Å². The van der Waals surface area contributed by atoms with Crippen LogP contribution in [0.5, 0.6) is 5.75 Å². The second-order valence-corrected chi connectivity index (χ2v) is 16.0. The van der Waals surface area contributed by atoms with Gasteiger partial charge in [-0.2, -0.15) is 0 Å². The van der Waals surface area contributed by atoms with E-state index in [1.165, 1.54) is 22.8 Å². The monoisotopic (exact) mass is 1050 g/mol. The Morgan fingerprint density at radius 1 is 0.615 bits per heavy atom. The number of benzene rings is 7. The Morgan fingerprint density at radius 3 is 2.00 bits per heavy atom. The first-order chi connectivity index (χ1) is 39.6. The molecule has 0 saturated carbocycles. The van der Waals surface area contributed by atoms with E-state index in [-0.39, 0.29) is 60.5 Å². The average molecular weight is 1050 g/mol. The Morgan fingerprint density at radius 2 is 1.31 bits per heavy atom. The van der Waals surface area contributed by atoms with Gasteiger partial charge in [0.25, 0.3) is 0 Å². The molecule has 0 bridgehead atoms. The van der Waals surface area contributed by atoms with Crippen molar-refractivity contribution in [2.24, 2.45) is 0 Å². The molecule has 0 saturated heterocycles. The molecule has 0 unspecified atom stereocenters. The molecule has 0 fully saturated rings. The number of imidazole rings is 1. The molecule has 328 valence electrons. The third kappa shape index (κ3) is 9.02. The molecule has 4 nitrogen and oxygen atoms in total. The fourth-order valence-corrected chi connectivity index (χ4v) is 8.03. The maximum absolute atomic E-state index is 13.0. The van der Waals surface area contributed by atoms with Crippen LogP contribution < -0.4 is 0 Å². The molecule has 1 N–H and O–H groups in total. The number of para-hydroxylation sites is 1. The normalized spacial score (nSPS) is 18.4. The molecule has 5 heteroatoms. The summed E-state index contributed by atoms with van der Waals surface area (Å²) in [5.41, 5.74) is -6.06. The maximum atomic E-state index is 13.0. The molecule has 0 aliphatic rings. The first-order valence-electron chi connectivity index (χ1n) is 31.5. The standard InChI is InChI=1S/C60H56N3O.Pt/c1-38(2)40-24-26-42(27-25-40)44-29-30-61-53(35-44)47-33-45(41-17-12-10-13-18-41)32-46(34-47)49-21-16-22-55-56(49)62-58(51-36-48(59(4,5)6)37-52(57(51)64)60(7,8)9)63(55)54-28-23-39(3)31-50(54)43-19-14-11-15-20-43;/h10-33,35-38,64H,1-9H3;/q-1;/i3D3,4D3,5D3,6D3,7D3,8D3,9D3,38D;. The first kappa shape index (κ1) is 25.4. The summed E-state index contributed by atoms with van der Waals surface area (Å²) in [5, 5.41) is 13.0. The SMILES string of the molecule is [2H]C([2H])([2H])c1ccc(-n2c(-c3cc(C(C([2H])([2H])[2H])(C([2H])([2H])[2H])C([2H])([2H])[2H])cc(C(C([2H])([2H])[2H])(C([2H])([2H])[2H])C([2H])([2H])[2H])c3O)nc3c(-c4[c-]c(-c5cc(-c6ccc(C([2H])(C)C)cc6)ccn5)cc(-c5ccccc5)c4)cccc32)c(-c2ccccc2)c1.[Pt]. The van der Waals surface area contributed by atoms with Crippen LogP contribution in [0.3, 0.4) is 0 Å². The van der Waals surface area contributed by atoms with Crippen molar-refractivity contribution in [1.82, 2.24) is 14.5 Å². The Kier molecular flexibility index (Phi) is 6.99. The molecule has 9 rings (SSSR count). The van der Waals surface area contributed by atoms with Gasteiger partial charge in [0, 0.05) is 74.2 Å². The predicted molar refractivity (Wildman–Crippen MR) is 268 cm³/mol. The fourth-order valence-electron chi connectivity index (χ4n) is 8.03. The largest absolute Gasteiger partial charge is 0.507 e. The molecule has 0 radical (unpaired) electrons. The number of pyridine rings is 1. The van der Waals surface area contributed by atoms with Crippen LogP contribution in [0.4, 0.5) is 0 Å². The van der Waals surface area contributed by atoms with Crippen LogP contribution in [0.2, 0.25) is 0 Å². The van der Waals surface area contributed by atoms with E-state index < -0.39 is 93.0 Å².